The average Bonchev–Trinajstić information content (AvgIpc) is 2.47. The van der Waals surface area contributed by atoms with E-state index in [1.807, 2.05) is 0 Å². The molecule has 0 aliphatic carbocycles. The Morgan fingerprint density at radius 2 is 1.70 bits per heavy atom. The molecule has 100 valence electrons. The van der Waals surface area contributed by atoms with Gasteiger partial charge in [-0.3, -0.25) is 9.20 Å². The molecular weight excluding hydrogens is 262 g/mol. The molecule has 2 aromatic heterocycles. The molecule has 0 N–H and O–H groups in total. The number of halogens is 2. The minimum atomic E-state index is -2.87. The topological polar surface area (TPSA) is 34.4 Å². The highest BCUT2D eigenvalue weighted by Crippen LogP contribution is 2.27. The van der Waals surface area contributed by atoms with E-state index >= 15 is 0 Å². The Kier molecular flexibility index (Phi) is 3.02. The number of alkyl halides is 2. The highest BCUT2D eigenvalue weighted by Gasteiger charge is 2.21. The standard InChI is InChI=1S/C15H10F2N2O/c16-14(17)12-13(10-6-2-1-3-7-10)18-11-8-4-5-9-19(11)15(12)20/h1-9,14H. The van der Waals surface area contributed by atoms with Gasteiger partial charge in [-0.1, -0.05) is 36.4 Å². The maximum absolute atomic E-state index is 13.2. The normalized spacial score (nSPS) is 11.2. The summed E-state index contributed by atoms with van der Waals surface area (Å²) in [5.41, 5.74) is -0.409. The largest absolute Gasteiger partial charge is 0.271 e. The molecule has 0 fully saturated rings. The van der Waals surface area contributed by atoms with Crippen molar-refractivity contribution in [3.05, 3.63) is 70.6 Å². The van der Waals surface area contributed by atoms with Gasteiger partial charge in [-0.25, -0.2) is 13.8 Å². The molecule has 0 saturated heterocycles. The van der Waals surface area contributed by atoms with Gasteiger partial charge in [0.05, 0.1) is 5.69 Å². The summed E-state index contributed by atoms with van der Waals surface area (Å²) in [7, 11) is 0. The predicted molar refractivity (Wildman–Crippen MR) is 71.9 cm³/mol. The van der Waals surface area contributed by atoms with Crippen molar-refractivity contribution in [2.45, 2.75) is 6.43 Å². The lowest BCUT2D eigenvalue weighted by Crippen LogP contribution is -2.21. The zero-order valence-electron chi connectivity index (χ0n) is 10.3. The van der Waals surface area contributed by atoms with Crippen LogP contribution < -0.4 is 5.56 Å². The lowest BCUT2D eigenvalue weighted by atomic mass is 10.1. The molecule has 0 unspecified atom stereocenters. The van der Waals surface area contributed by atoms with E-state index in [1.54, 1.807) is 48.5 Å². The smallest absolute Gasteiger partial charge is 0.268 e. The van der Waals surface area contributed by atoms with E-state index in [0.717, 1.165) is 4.40 Å². The van der Waals surface area contributed by atoms with E-state index in [2.05, 4.69) is 4.98 Å². The second-order valence-electron chi connectivity index (χ2n) is 4.27. The van der Waals surface area contributed by atoms with Crippen LogP contribution in [0.15, 0.2) is 59.5 Å². The van der Waals surface area contributed by atoms with Crippen LogP contribution in [0.4, 0.5) is 8.78 Å². The Labute approximate surface area is 113 Å². The Morgan fingerprint density at radius 3 is 2.40 bits per heavy atom. The number of fused-ring (bicyclic) bond motifs is 1. The van der Waals surface area contributed by atoms with E-state index in [4.69, 9.17) is 0 Å². The predicted octanol–water partition coefficient (Wildman–Crippen LogP) is 3.30. The summed E-state index contributed by atoms with van der Waals surface area (Å²) < 4.78 is 27.6. The van der Waals surface area contributed by atoms with Crippen LogP contribution in [0.2, 0.25) is 0 Å². The van der Waals surface area contributed by atoms with Gasteiger partial charge >= 0.3 is 0 Å². The summed E-state index contributed by atoms with van der Waals surface area (Å²) in [6.07, 6.45) is -1.44. The molecule has 5 heteroatoms. The summed E-state index contributed by atoms with van der Waals surface area (Å²) in [5.74, 6) is 0. The fourth-order valence-electron chi connectivity index (χ4n) is 2.12. The molecule has 3 rings (SSSR count). The van der Waals surface area contributed by atoms with Crippen LogP contribution in [0.1, 0.15) is 12.0 Å². The van der Waals surface area contributed by atoms with Gasteiger partial charge in [0.1, 0.15) is 11.2 Å². The second kappa shape index (κ2) is 4.85. The van der Waals surface area contributed by atoms with Crippen molar-refractivity contribution in [2.75, 3.05) is 0 Å². The molecule has 0 spiro atoms. The van der Waals surface area contributed by atoms with Crippen LogP contribution >= 0.6 is 0 Å². The molecule has 0 atom stereocenters. The van der Waals surface area contributed by atoms with E-state index < -0.39 is 17.5 Å². The summed E-state index contributed by atoms with van der Waals surface area (Å²) in [4.78, 5) is 16.4. The molecular formula is C15H10F2N2O. The van der Waals surface area contributed by atoms with Crippen LogP contribution in [0.5, 0.6) is 0 Å². The molecule has 0 saturated carbocycles. The number of hydrogen-bond donors (Lipinski definition) is 0. The highest BCUT2D eigenvalue weighted by molar-refractivity contribution is 5.65. The third-order valence-electron chi connectivity index (χ3n) is 3.03. The zero-order valence-corrected chi connectivity index (χ0v) is 10.3. The van der Waals surface area contributed by atoms with Gasteiger partial charge < -0.3 is 0 Å². The number of pyridine rings is 1. The summed E-state index contributed by atoms with van der Waals surface area (Å²) in [6.45, 7) is 0. The van der Waals surface area contributed by atoms with Gasteiger partial charge in [0, 0.05) is 11.8 Å². The first-order chi connectivity index (χ1) is 9.68. The number of rotatable bonds is 2. The number of benzene rings is 1. The Hall–Kier alpha value is -2.56. The van der Waals surface area contributed by atoms with Crippen molar-refractivity contribution in [1.29, 1.82) is 0 Å². The van der Waals surface area contributed by atoms with Crippen LogP contribution in [-0.4, -0.2) is 9.38 Å². The van der Waals surface area contributed by atoms with Gasteiger partial charge in [-0.05, 0) is 12.1 Å². The Morgan fingerprint density at radius 1 is 1.00 bits per heavy atom. The Bertz CT molecular complexity index is 813. The molecule has 3 nitrogen and oxygen atoms in total. The SMILES string of the molecule is O=c1c(C(F)F)c(-c2ccccc2)nc2ccccn12. The number of aromatic nitrogens is 2. The molecule has 0 amide bonds. The molecule has 0 aliphatic heterocycles. The fourth-order valence-corrected chi connectivity index (χ4v) is 2.12. The summed E-state index contributed by atoms with van der Waals surface area (Å²) in [5, 5.41) is 0. The quantitative estimate of drug-likeness (QED) is 0.717. The molecule has 0 radical (unpaired) electrons. The lowest BCUT2D eigenvalue weighted by molar-refractivity contribution is 0.149. The summed E-state index contributed by atoms with van der Waals surface area (Å²) in [6, 6.07) is 13.5. The van der Waals surface area contributed by atoms with Crippen LogP contribution in [-0.2, 0) is 0 Å². The lowest BCUT2D eigenvalue weighted by Gasteiger charge is -2.10. The van der Waals surface area contributed by atoms with Crippen LogP contribution in [0.25, 0.3) is 16.9 Å². The average molecular weight is 272 g/mol. The number of hydrogen-bond acceptors (Lipinski definition) is 2. The van der Waals surface area contributed by atoms with Crippen LogP contribution in [0, 0.1) is 0 Å². The first-order valence-electron chi connectivity index (χ1n) is 6.03. The van der Waals surface area contributed by atoms with E-state index in [9.17, 15) is 13.6 Å². The van der Waals surface area contributed by atoms with E-state index in [0.29, 0.717) is 11.2 Å². The minimum absolute atomic E-state index is 0.0387. The third-order valence-corrected chi connectivity index (χ3v) is 3.03. The molecule has 1 aromatic carbocycles. The van der Waals surface area contributed by atoms with Gasteiger partial charge in [0.15, 0.2) is 0 Å². The van der Waals surface area contributed by atoms with Gasteiger partial charge in [-0.2, -0.15) is 0 Å². The van der Waals surface area contributed by atoms with Gasteiger partial charge in [0.2, 0.25) is 0 Å². The van der Waals surface area contributed by atoms with Gasteiger partial charge in [-0.15, -0.1) is 0 Å². The van der Waals surface area contributed by atoms with E-state index in [1.165, 1.54) is 6.20 Å². The molecule has 20 heavy (non-hydrogen) atoms. The van der Waals surface area contributed by atoms with Crippen molar-refractivity contribution < 1.29 is 8.78 Å². The first-order valence-corrected chi connectivity index (χ1v) is 6.03. The molecule has 0 aliphatic rings. The molecule has 0 bridgehead atoms. The van der Waals surface area contributed by atoms with Crippen LogP contribution in [0.3, 0.4) is 0 Å². The summed E-state index contributed by atoms with van der Waals surface area (Å²) >= 11 is 0. The Balaban J connectivity index is 2.42. The fraction of sp³-hybridized carbons (Fsp3) is 0.0667. The van der Waals surface area contributed by atoms with E-state index in [-0.39, 0.29) is 5.69 Å². The number of nitrogens with zero attached hydrogens (tertiary/aromatic N) is 2. The second-order valence-corrected chi connectivity index (χ2v) is 4.27. The monoisotopic (exact) mass is 272 g/mol. The molecule has 3 aromatic rings. The van der Waals surface area contributed by atoms with Crippen molar-refractivity contribution in [2.24, 2.45) is 0 Å². The van der Waals surface area contributed by atoms with Gasteiger partial charge in [0.25, 0.3) is 12.0 Å². The molecule has 2 heterocycles. The first kappa shape index (κ1) is 12.5. The maximum Gasteiger partial charge on any atom is 0.271 e. The third kappa shape index (κ3) is 1.97. The van der Waals surface area contributed by atoms with Crippen molar-refractivity contribution in [3.8, 4) is 11.3 Å². The van der Waals surface area contributed by atoms with Crippen molar-refractivity contribution >= 4 is 5.65 Å². The minimum Gasteiger partial charge on any atom is -0.268 e. The maximum atomic E-state index is 13.2. The van der Waals surface area contributed by atoms with Crippen molar-refractivity contribution in [1.82, 2.24) is 9.38 Å². The highest BCUT2D eigenvalue weighted by atomic mass is 19.3. The zero-order chi connectivity index (χ0) is 14.1. The van der Waals surface area contributed by atoms with Crippen molar-refractivity contribution in [3.63, 3.8) is 0 Å².